The zero-order valence-corrected chi connectivity index (χ0v) is 9.15. The molecule has 0 aliphatic rings. The molecule has 0 aromatic heterocycles. The summed E-state index contributed by atoms with van der Waals surface area (Å²) in [7, 11) is 0. The van der Waals surface area contributed by atoms with Gasteiger partial charge in [-0.3, -0.25) is 0 Å². The third-order valence-electron chi connectivity index (χ3n) is 1.85. The van der Waals surface area contributed by atoms with Gasteiger partial charge in [-0.25, -0.2) is 0 Å². The predicted molar refractivity (Wildman–Crippen MR) is 59.5 cm³/mol. The van der Waals surface area contributed by atoms with Gasteiger partial charge in [0.2, 0.25) is 0 Å². The largest absolute Gasteiger partial charge is 0.400 e. The van der Waals surface area contributed by atoms with Gasteiger partial charge >= 0.3 is 6.18 Å². The molecular weight excluding hydrogens is 255 g/mol. The van der Waals surface area contributed by atoms with Crippen molar-refractivity contribution in [3.63, 3.8) is 0 Å². The lowest BCUT2D eigenvalue weighted by atomic mass is 10.2. The first-order valence-corrected chi connectivity index (χ1v) is 4.86. The summed E-state index contributed by atoms with van der Waals surface area (Å²) in [4.78, 5) is 2.16. The highest BCUT2D eigenvalue weighted by molar-refractivity contribution is 6.30. The molecule has 0 fully saturated rings. The Morgan fingerprint density at radius 1 is 1.29 bits per heavy atom. The summed E-state index contributed by atoms with van der Waals surface area (Å²) in [5, 5.41) is 3.16. The SMILES string of the molecule is [N-]=[N+]=NC(C=Cc1ccc(Cl)cc1)C(F)(F)F. The van der Waals surface area contributed by atoms with Crippen LogP contribution in [0.3, 0.4) is 0 Å². The number of rotatable bonds is 3. The molecule has 17 heavy (non-hydrogen) atoms. The summed E-state index contributed by atoms with van der Waals surface area (Å²) in [6.45, 7) is 0. The van der Waals surface area contributed by atoms with Crippen LogP contribution in [-0.4, -0.2) is 12.2 Å². The molecule has 0 bridgehead atoms. The van der Waals surface area contributed by atoms with Gasteiger partial charge in [-0.2, -0.15) is 13.2 Å². The Hall–Kier alpha value is -1.65. The molecule has 0 N–H and O–H groups in total. The van der Waals surface area contributed by atoms with Gasteiger partial charge in [0, 0.05) is 9.93 Å². The molecule has 1 aromatic carbocycles. The molecule has 0 aliphatic carbocycles. The average molecular weight is 262 g/mol. The molecule has 0 saturated carbocycles. The van der Waals surface area contributed by atoms with E-state index in [9.17, 15) is 13.2 Å². The molecular formula is C10H7ClF3N3. The molecule has 0 aliphatic heterocycles. The van der Waals surface area contributed by atoms with Gasteiger partial charge in [0.1, 0.15) is 0 Å². The van der Waals surface area contributed by atoms with Crippen molar-refractivity contribution >= 4 is 17.7 Å². The average Bonchev–Trinajstić information content (AvgIpc) is 2.25. The van der Waals surface area contributed by atoms with E-state index in [0.717, 1.165) is 6.08 Å². The summed E-state index contributed by atoms with van der Waals surface area (Å²) in [5.41, 5.74) is 8.58. The van der Waals surface area contributed by atoms with Gasteiger partial charge in [-0.05, 0) is 23.2 Å². The molecule has 0 heterocycles. The van der Waals surface area contributed by atoms with Crippen molar-refractivity contribution in [2.45, 2.75) is 12.2 Å². The highest BCUT2D eigenvalue weighted by Gasteiger charge is 2.36. The van der Waals surface area contributed by atoms with E-state index in [2.05, 4.69) is 10.0 Å². The monoisotopic (exact) mass is 261 g/mol. The topological polar surface area (TPSA) is 48.8 Å². The Bertz CT molecular complexity index is 447. The van der Waals surface area contributed by atoms with E-state index in [-0.39, 0.29) is 0 Å². The van der Waals surface area contributed by atoms with Crippen molar-refractivity contribution in [1.29, 1.82) is 0 Å². The Balaban J connectivity index is 2.87. The normalized spacial score (nSPS) is 13.4. The summed E-state index contributed by atoms with van der Waals surface area (Å²) in [5.74, 6) is 0. The first kappa shape index (κ1) is 13.4. The maximum absolute atomic E-state index is 12.3. The number of halogens is 4. The van der Waals surface area contributed by atoms with Gasteiger partial charge in [0.15, 0.2) is 6.04 Å². The summed E-state index contributed by atoms with van der Waals surface area (Å²) < 4.78 is 37.0. The maximum atomic E-state index is 12.3. The Kier molecular flexibility index (Phi) is 4.43. The van der Waals surface area contributed by atoms with E-state index in [0.29, 0.717) is 10.6 Å². The number of alkyl halides is 3. The minimum Gasteiger partial charge on any atom is -0.170 e. The quantitative estimate of drug-likeness (QED) is 0.434. The van der Waals surface area contributed by atoms with Crippen LogP contribution in [0.15, 0.2) is 35.5 Å². The van der Waals surface area contributed by atoms with Crippen LogP contribution in [0, 0.1) is 0 Å². The molecule has 0 spiro atoms. The molecule has 0 amide bonds. The molecule has 0 saturated heterocycles. The third-order valence-corrected chi connectivity index (χ3v) is 2.10. The van der Waals surface area contributed by atoms with Crippen LogP contribution in [0.25, 0.3) is 16.5 Å². The van der Waals surface area contributed by atoms with E-state index in [4.69, 9.17) is 17.1 Å². The first-order valence-electron chi connectivity index (χ1n) is 4.48. The molecule has 3 nitrogen and oxygen atoms in total. The minimum atomic E-state index is -4.59. The zero-order chi connectivity index (χ0) is 12.9. The van der Waals surface area contributed by atoms with Gasteiger partial charge in [0.05, 0.1) is 0 Å². The van der Waals surface area contributed by atoms with Crippen LogP contribution < -0.4 is 0 Å². The third kappa shape index (κ3) is 4.38. The van der Waals surface area contributed by atoms with Crippen LogP contribution >= 0.6 is 11.6 Å². The minimum absolute atomic E-state index is 0.490. The van der Waals surface area contributed by atoms with Crippen LogP contribution in [0.2, 0.25) is 5.02 Å². The van der Waals surface area contributed by atoms with Crippen LogP contribution in [-0.2, 0) is 0 Å². The van der Waals surface area contributed by atoms with Crippen LogP contribution in [0.1, 0.15) is 5.56 Å². The zero-order valence-electron chi connectivity index (χ0n) is 8.39. The molecule has 7 heteroatoms. The Morgan fingerprint density at radius 3 is 2.35 bits per heavy atom. The van der Waals surface area contributed by atoms with Gasteiger partial charge in [-0.1, -0.05) is 41.0 Å². The maximum Gasteiger partial charge on any atom is 0.400 e. The molecule has 1 atom stereocenters. The molecule has 0 radical (unpaired) electrons. The molecule has 1 rings (SSSR count). The lowest BCUT2D eigenvalue weighted by molar-refractivity contribution is -0.136. The number of nitrogens with zero attached hydrogens (tertiary/aromatic N) is 3. The number of azide groups is 1. The van der Waals surface area contributed by atoms with Crippen LogP contribution in [0.5, 0.6) is 0 Å². The predicted octanol–water partition coefficient (Wildman–Crippen LogP) is 4.59. The fraction of sp³-hybridized carbons (Fsp3) is 0.200. The van der Waals surface area contributed by atoms with E-state index in [1.165, 1.54) is 6.08 Å². The standard InChI is InChI=1S/C10H7ClF3N3/c11-8-4-1-7(2-5-8)3-6-9(16-17-15)10(12,13)14/h1-6,9H. The first-order chi connectivity index (χ1) is 7.93. The van der Waals surface area contributed by atoms with E-state index >= 15 is 0 Å². The van der Waals surface area contributed by atoms with Crippen molar-refractivity contribution in [1.82, 2.24) is 0 Å². The van der Waals surface area contributed by atoms with Crippen molar-refractivity contribution < 1.29 is 13.2 Å². The van der Waals surface area contributed by atoms with Crippen molar-refractivity contribution in [3.05, 3.63) is 51.4 Å². The second-order valence-electron chi connectivity index (χ2n) is 3.10. The van der Waals surface area contributed by atoms with E-state index in [1.807, 2.05) is 0 Å². The number of hydrogen-bond acceptors (Lipinski definition) is 1. The highest BCUT2D eigenvalue weighted by atomic mass is 35.5. The smallest absolute Gasteiger partial charge is 0.170 e. The van der Waals surface area contributed by atoms with Crippen molar-refractivity contribution in [2.24, 2.45) is 5.11 Å². The second kappa shape index (κ2) is 5.61. The van der Waals surface area contributed by atoms with E-state index in [1.54, 1.807) is 24.3 Å². The summed E-state index contributed by atoms with van der Waals surface area (Å²) in [6, 6.07) is 4.06. The fourth-order valence-electron chi connectivity index (χ4n) is 1.04. The van der Waals surface area contributed by atoms with E-state index < -0.39 is 12.2 Å². The number of benzene rings is 1. The van der Waals surface area contributed by atoms with Crippen molar-refractivity contribution in [2.75, 3.05) is 0 Å². The lowest BCUT2D eigenvalue weighted by Gasteiger charge is -2.10. The highest BCUT2D eigenvalue weighted by Crippen LogP contribution is 2.24. The summed E-state index contributed by atoms with van der Waals surface area (Å²) in [6.07, 6.45) is -2.57. The van der Waals surface area contributed by atoms with Gasteiger partial charge in [-0.15, -0.1) is 0 Å². The Morgan fingerprint density at radius 2 is 1.88 bits per heavy atom. The fourth-order valence-corrected chi connectivity index (χ4v) is 1.17. The molecule has 1 aromatic rings. The number of hydrogen-bond donors (Lipinski definition) is 0. The molecule has 90 valence electrons. The van der Waals surface area contributed by atoms with Crippen molar-refractivity contribution in [3.8, 4) is 0 Å². The van der Waals surface area contributed by atoms with Crippen LogP contribution in [0.4, 0.5) is 13.2 Å². The summed E-state index contributed by atoms with van der Waals surface area (Å²) >= 11 is 5.63. The Labute approximate surface area is 100 Å². The lowest BCUT2D eigenvalue weighted by Crippen LogP contribution is -2.24. The second-order valence-corrected chi connectivity index (χ2v) is 3.54. The molecule has 1 unspecified atom stereocenters. The van der Waals surface area contributed by atoms with Gasteiger partial charge < -0.3 is 0 Å². The van der Waals surface area contributed by atoms with Gasteiger partial charge in [0.25, 0.3) is 0 Å².